The lowest BCUT2D eigenvalue weighted by atomic mass is 9.71. The zero-order valence-corrected chi connectivity index (χ0v) is 18.2. The molecule has 2 saturated heterocycles. The summed E-state index contributed by atoms with van der Waals surface area (Å²) in [5, 5.41) is 13.9. The predicted molar refractivity (Wildman–Crippen MR) is 113 cm³/mol. The van der Waals surface area contributed by atoms with Crippen LogP contribution < -0.4 is 5.32 Å². The Kier molecular flexibility index (Phi) is 7.69. The van der Waals surface area contributed by atoms with E-state index in [9.17, 15) is 22.8 Å². The molecule has 1 unspecified atom stereocenters. The maximum Gasteiger partial charge on any atom is 0.490 e. The zero-order valence-electron chi connectivity index (χ0n) is 17.4. The highest BCUT2D eigenvalue weighted by atomic mass is 32.1. The second-order valence-electron chi connectivity index (χ2n) is 7.76. The molecule has 1 atom stereocenters. The van der Waals surface area contributed by atoms with Crippen molar-refractivity contribution in [2.45, 2.75) is 19.0 Å². The van der Waals surface area contributed by atoms with E-state index in [1.54, 1.807) is 18.5 Å². The zero-order chi connectivity index (χ0) is 24.1. The fraction of sp³-hybridized carbons (Fsp3) is 0.429. The topological polar surface area (TPSA) is 109 Å². The van der Waals surface area contributed by atoms with Crippen LogP contribution in [-0.2, 0) is 14.3 Å². The van der Waals surface area contributed by atoms with Crippen LogP contribution in [-0.4, -0.2) is 65.3 Å². The van der Waals surface area contributed by atoms with Gasteiger partial charge >= 0.3 is 12.1 Å². The van der Waals surface area contributed by atoms with Gasteiger partial charge in [-0.25, -0.2) is 4.79 Å². The molecule has 0 aromatic carbocycles. The van der Waals surface area contributed by atoms with E-state index in [-0.39, 0.29) is 23.1 Å². The van der Waals surface area contributed by atoms with Gasteiger partial charge in [0, 0.05) is 43.3 Å². The Morgan fingerprint density at radius 2 is 1.94 bits per heavy atom. The fourth-order valence-corrected chi connectivity index (χ4v) is 4.63. The molecule has 33 heavy (non-hydrogen) atoms. The third-order valence-electron chi connectivity index (χ3n) is 5.68. The molecule has 2 aromatic heterocycles. The number of carboxylic acid groups (broad SMARTS) is 1. The van der Waals surface area contributed by atoms with Crippen molar-refractivity contribution in [3.63, 3.8) is 0 Å². The van der Waals surface area contributed by atoms with Gasteiger partial charge in [-0.2, -0.15) is 24.5 Å². The number of thiophene rings is 1. The molecule has 2 aliphatic heterocycles. The van der Waals surface area contributed by atoms with Crippen molar-refractivity contribution in [1.29, 1.82) is 0 Å². The standard InChI is InChI=1S/C19H21N3O3S.C2HF3O2/c23-17(21-15-2-1-6-20-10-15)16-11-22(18(24)14-3-9-26-12-14)13-19(16)4-7-25-8-5-19;3-2(4,5)1(6)7/h1-3,6,9-10,12,16H,4-5,7-8,11,13H2,(H,21,23);(H,6,7). The highest BCUT2D eigenvalue weighted by Crippen LogP contribution is 2.45. The van der Waals surface area contributed by atoms with E-state index in [1.807, 2.05) is 27.8 Å². The average Bonchev–Trinajstić information content (AvgIpc) is 3.43. The summed E-state index contributed by atoms with van der Waals surface area (Å²) in [6.07, 6.45) is -0.179. The Hall–Kier alpha value is -2.99. The third-order valence-corrected chi connectivity index (χ3v) is 6.36. The maximum atomic E-state index is 13.0. The van der Waals surface area contributed by atoms with Crippen LogP contribution in [0.1, 0.15) is 23.2 Å². The van der Waals surface area contributed by atoms with E-state index in [0.717, 1.165) is 12.8 Å². The van der Waals surface area contributed by atoms with Gasteiger partial charge in [0.05, 0.1) is 23.4 Å². The largest absolute Gasteiger partial charge is 0.490 e. The summed E-state index contributed by atoms with van der Waals surface area (Å²) >= 11 is 1.51. The predicted octanol–water partition coefficient (Wildman–Crippen LogP) is 3.28. The molecular formula is C21H22F3N3O5S. The molecule has 178 valence electrons. The van der Waals surface area contributed by atoms with Crippen LogP contribution in [0.2, 0.25) is 0 Å². The number of hydrogen-bond acceptors (Lipinski definition) is 6. The highest BCUT2D eigenvalue weighted by molar-refractivity contribution is 7.08. The summed E-state index contributed by atoms with van der Waals surface area (Å²) in [4.78, 5) is 40.6. The quantitative estimate of drug-likeness (QED) is 0.691. The molecule has 4 heterocycles. The van der Waals surface area contributed by atoms with Crippen LogP contribution in [0.25, 0.3) is 0 Å². The van der Waals surface area contributed by atoms with Gasteiger partial charge in [0.25, 0.3) is 5.91 Å². The molecule has 0 aliphatic carbocycles. The lowest BCUT2D eigenvalue weighted by Crippen LogP contribution is -2.42. The molecule has 4 rings (SSSR count). The molecule has 2 amide bonds. The minimum Gasteiger partial charge on any atom is -0.475 e. The van der Waals surface area contributed by atoms with Gasteiger partial charge in [0.15, 0.2) is 0 Å². The van der Waals surface area contributed by atoms with Gasteiger partial charge in [-0.1, -0.05) is 0 Å². The summed E-state index contributed by atoms with van der Waals surface area (Å²) in [5.41, 5.74) is 1.17. The monoisotopic (exact) mass is 485 g/mol. The summed E-state index contributed by atoms with van der Waals surface area (Å²) in [7, 11) is 0. The summed E-state index contributed by atoms with van der Waals surface area (Å²) in [6, 6.07) is 5.46. The number of likely N-dealkylation sites (tertiary alicyclic amines) is 1. The number of aliphatic carboxylic acids is 1. The van der Waals surface area contributed by atoms with Crippen molar-refractivity contribution in [3.8, 4) is 0 Å². The van der Waals surface area contributed by atoms with Crippen molar-refractivity contribution in [2.24, 2.45) is 11.3 Å². The van der Waals surface area contributed by atoms with Crippen molar-refractivity contribution in [3.05, 3.63) is 46.9 Å². The molecular weight excluding hydrogens is 463 g/mol. The molecule has 2 aromatic rings. The fourth-order valence-electron chi connectivity index (χ4n) is 4.00. The van der Waals surface area contributed by atoms with E-state index >= 15 is 0 Å². The summed E-state index contributed by atoms with van der Waals surface area (Å²) in [5.74, 6) is -3.03. The Balaban J connectivity index is 0.000000383. The molecule has 2 aliphatic rings. The Morgan fingerprint density at radius 1 is 1.24 bits per heavy atom. The SMILES string of the molecule is O=C(Nc1cccnc1)C1CN(C(=O)c2ccsc2)CC12CCOCC2.O=C(O)C(F)(F)F. The number of anilines is 1. The van der Waals surface area contributed by atoms with Crippen LogP contribution in [0.3, 0.4) is 0 Å². The number of carbonyl (C=O) groups excluding carboxylic acids is 2. The Bertz CT molecular complexity index is 963. The van der Waals surface area contributed by atoms with Crippen LogP contribution >= 0.6 is 11.3 Å². The van der Waals surface area contributed by atoms with Crippen molar-refractivity contribution < 1.29 is 37.4 Å². The van der Waals surface area contributed by atoms with Gasteiger partial charge in [-0.05, 0) is 36.4 Å². The van der Waals surface area contributed by atoms with Gasteiger partial charge < -0.3 is 20.1 Å². The molecule has 8 nitrogen and oxygen atoms in total. The number of alkyl halides is 3. The molecule has 12 heteroatoms. The van der Waals surface area contributed by atoms with Crippen molar-refractivity contribution in [1.82, 2.24) is 9.88 Å². The van der Waals surface area contributed by atoms with E-state index < -0.39 is 12.1 Å². The number of nitrogens with zero attached hydrogens (tertiary/aromatic N) is 2. The number of aromatic nitrogens is 1. The first-order valence-electron chi connectivity index (χ1n) is 10.0. The van der Waals surface area contributed by atoms with Crippen LogP contribution in [0.15, 0.2) is 41.4 Å². The number of carbonyl (C=O) groups is 3. The first kappa shape index (κ1) is 24.6. The number of pyridine rings is 1. The van der Waals surface area contributed by atoms with Crippen LogP contribution in [0.4, 0.5) is 18.9 Å². The molecule has 2 N–H and O–H groups in total. The Morgan fingerprint density at radius 3 is 2.48 bits per heavy atom. The van der Waals surface area contributed by atoms with Gasteiger partial charge in [0.2, 0.25) is 5.91 Å². The van der Waals surface area contributed by atoms with E-state index in [1.165, 1.54) is 11.3 Å². The molecule has 0 saturated carbocycles. The van der Waals surface area contributed by atoms with E-state index in [4.69, 9.17) is 14.6 Å². The van der Waals surface area contributed by atoms with Crippen LogP contribution in [0.5, 0.6) is 0 Å². The highest BCUT2D eigenvalue weighted by Gasteiger charge is 2.51. The minimum atomic E-state index is -5.08. The number of rotatable bonds is 3. The van der Waals surface area contributed by atoms with E-state index in [0.29, 0.717) is 37.6 Å². The van der Waals surface area contributed by atoms with Gasteiger partial charge in [-0.15, -0.1) is 0 Å². The number of hydrogen-bond donors (Lipinski definition) is 2. The third kappa shape index (κ3) is 6.08. The van der Waals surface area contributed by atoms with Crippen molar-refractivity contribution in [2.75, 3.05) is 31.6 Å². The molecule has 1 spiro atoms. The summed E-state index contributed by atoms with van der Waals surface area (Å²) in [6.45, 7) is 2.32. The minimum absolute atomic E-state index is 0.00814. The average molecular weight is 485 g/mol. The Labute approximate surface area is 191 Å². The lowest BCUT2D eigenvalue weighted by Gasteiger charge is -2.37. The van der Waals surface area contributed by atoms with Crippen molar-refractivity contribution >= 4 is 34.8 Å². The molecule has 0 radical (unpaired) electrons. The maximum absolute atomic E-state index is 13.0. The number of amides is 2. The summed E-state index contributed by atoms with van der Waals surface area (Å²) < 4.78 is 37.3. The number of carboxylic acids is 1. The van der Waals surface area contributed by atoms with Crippen LogP contribution in [0, 0.1) is 11.3 Å². The lowest BCUT2D eigenvalue weighted by molar-refractivity contribution is -0.192. The number of nitrogens with one attached hydrogen (secondary N) is 1. The van der Waals surface area contributed by atoms with Gasteiger partial charge in [-0.3, -0.25) is 14.6 Å². The number of ether oxygens (including phenoxy) is 1. The number of halogens is 3. The normalized spacial score (nSPS) is 19.5. The molecule has 0 bridgehead atoms. The van der Waals surface area contributed by atoms with Gasteiger partial charge in [0.1, 0.15) is 0 Å². The van der Waals surface area contributed by atoms with E-state index in [2.05, 4.69) is 10.3 Å². The molecule has 2 fully saturated rings. The second kappa shape index (κ2) is 10.3. The first-order valence-corrected chi connectivity index (χ1v) is 11.0. The first-order chi connectivity index (χ1) is 15.6. The second-order valence-corrected chi connectivity index (χ2v) is 8.54. The smallest absolute Gasteiger partial charge is 0.475 e.